The summed E-state index contributed by atoms with van der Waals surface area (Å²) >= 11 is 3.42. The van der Waals surface area contributed by atoms with Gasteiger partial charge in [-0.25, -0.2) is 14.4 Å². The number of allylic oxidation sites excluding steroid dienone is 1. The smallest absolute Gasteiger partial charge is 0.495 e. The Labute approximate surface area is 292 Å². The number of hydrogen-bond acceptors (Lipinski definition) is 10. The Morgan fingerprint density at radius 2 is 1.60 bits per heavy atom. The third kappa shape index (κ3) is 11.7. The fraction of sp³-hybridized carbons (Fsp3) is 0.622. The van der Waals surface area contributed by atoms with Crippen molar-refractivity contribution in [3.8, 4) is 5.75 Å². The van der Waals surface area contributed by atoms with Crippen molar-refractivity contribution in [3.05, 3.63) is 50.3 Å². The van der Waals surface area contributed by atoms with Gasteiger partial charge in [0.2, 0.25) is 0 Å². The highest BCUT2D eigenvalue weighted by Crippen LogP contribution is 2.35. The predicted octanol–water partition coefficient (Wildman–Crippen LogP) is 8.83. The molecule has 48 heavy (non-hydrogen) atoms. The van der Waals surface area contributed by atoms with Gasteiger partial charge in [0.25, 0.3) is 0 Å². The van der Waals surface area contributed by atoms with Crippen molar-refractivity contribution >= 4 is 45.0 Å². The average molecular weight is 736 g/mol. The molecule has 1 aliphatic heterocycles. The average Bonchev–Trinajstić information content (AvgIpc) is 3.35. The third-order valence-corrected chi connectivity index (χ3v) is 9.43. The van der Waals surface area contributed by atoms with E-state index >= 15 is 0 Å². The van der Waals surface area contributed by atoms with Crippen molar-refractivity contribution in [2.45, 2.75) is 111 Å². The molecule has 1 fully saturated rings. The lowest BCUT2D eigenvalue weighted by Gasteiger charge is -2.26. The fourth-order valence-corrected chi connectivity index (χ4v) is 6.56. The SMILES string of the molecule is CCCCCCCCCC(=O)OCC1(COC(=O)OCc2cc(=O)oc3cc(OC)c(Br)cc23)C/C(=C/CC(C(C)C)C(C)C)C(=O)O1. The standard InChI is InChI=1S/C37H51BrO10/c1-7-8-9-10-11-12-13-14-33(39)45-22-37(20-26(35(41)48-37)15-16-28(24(2)3)25(4)5)23-46-36(42)44-21-27-17-34(40)47-31-19-32(43-6)30(38)18-29(27)31/h15,17-19,24-25,28H,7-14,16,20-23H2,1-6H3/b26-15-. The molecule has 2 heterocycles. The summed E-state index contributed by atoms with van der Waals surface area (Å²) in [5, 5.41) is 0.542. The summed E-state index contributed by atoms with van der Waals surface area (Å²) in [6.45, 7) is 9.90. The molecule has 1 saturated heterocycles. The molecule has 266 valence electrons. The lowest BCUT2D eigenvalue weighted by atomic mass is 9.82. The molecule has 1 atom stereocenters. The normalized spacial score (nSPS) is 17.0. The van der Waals surface area contributed by atoms with Crippen LogP contribution in [0.4, 0.5) is 4.79 Å². The second-order valence-corrected chi connectivity index (χ2v) is 14.2. The van der Waals surface area contributed by atoms with Gasteiger partial charge in [-0.05, 0) is 52.6 Å². The van der Waals surface area contributed by atoms with Gasteiger partial charge in [-0.15, -0.1) is 0 Å². The number of benzene rings is 1. The van der Waals surface area contributed by atoms with Crippen molar-refractivity contribution in [2.75, 3.05) is 20.3 Å². The van der Waals surface area contributed by atoms with Gasteiger partial charge < -0.3 is 28.1 Å². The summed E-state index contributed by atoms with van der Waals surface area (Å²) in [7, 11) is 1.49. The van der Waals surface area contributed by atoms with Crippen LogP contribution in [0.3, 0.4) is 0 Å². The van der Waals surface area contributed by atoms with Crippen molar-refractivity contribution in [1.29, 1.82) is 0 Å². The van der Waals surface area contributed by atoms with Crippen LogP contribution in [-0.4, -0.2) is 44.0 Å². The van der Waals surface area contributed by atoms with Crippen LogP contribution in [0.15, 0.2) is 43.5 Å². The van der Waals surface area contributed by atoms with Gasteiger partial charge in [-0.3, -0.25) is 4.79 Å². The van der Waals surface area contributed by atoms with Crippen LogP contribution in [-0.2, 0) is 35.1 Å². The van der Waals surface area contributed by atoms with Crippen LogP contribution in [0.2, 0.25) is 0 Å². The summed E-state index contributed by atoms with van der Waals surface area (Å²) in [5.41, 5.74) is -0.875. The van der Waals surface area contributed by atoms with Gasteiger partial charge in [0.1, 0.15) is 31.2 Å². The second-order valence-electron chi connectivity index (χ2n) is 13.3. The molecule has 1 aromatic heterocycles. The maximum Gasteiger partial charge on any atom is 0.508 e. The number of rotatable bonds is 19. The minimum Gasteiger partial charge on any atom is -0.495 e. The first kappa shape index (κ1) is 39.1. The highest BCUT2D eigenvalue weighted by Gasteiger charge is 2.46. The molecule has 1 aromatic carbocycles. The Hall–Kier alpha value is -3.34. The number of carbonyl (C=O) groups is 3. The lowest BCUT2D eigenvalue weighted by molar-refractivity contribution is -0.167. The second kappa shape index (κ2) is 19.0. The number of hydrogen-bond donors (Lipinski definition) is 0. The Morgan fingerprint density at radius 1 is 0.938 bits per heavy atom. The molecule has 10 nitrogen and oxygen atoms in total. The van der Waals surface area contributed by atoms with E-state index in [1.54, 1.807) is 12.1 Å². The minimum atomic E-state index is -1.38. The zero-order valence-electron chi connectivity index (χ0n) is 29.2. The maximum atomic E-state index is 13.0. The minimum absolute atomic E-state index is 0.118. The van der Waals surface area contributed by atoms with E-state index in [4.69, 9.17) is 28.1 Å². The molecule has 0 N–H and O–H groups in total. The van der Waals surface area contributed by atoms with Crippen molar-refractivity contribution in [1.82, 2.24) is 0 Å². The summed E-state index contributed by atoms with van der Waals surface area (Å²) in [4.78, 5) is 50.7. The van der Waals surface area contributed by atoms with Crippen molar-refractivity contribution in [3.63, 3.8) is 0 Å². The highest BCUT2D eigenvalue weighted by atomic mass is 79.9. The molecule has 0 amide bonds. The Morgan fingerprint density at radius 3 is 2.27 bits per heavy atom. The highest BCUT2D eigenvalue weighted by molar-refractivity contribution is 9.10. The maximum absolute atomic E-state index is 13.0. The molecule has 3 rings (SSSR count). The Bertz CT molecular complexity index is 1470. The molecule has 0 aliphatic carbocycles. The fourth-order valence-electron chi connectivity index (χ4n) is 6.05. The Kier molecular flexibility index (Phi) is 15.5. The molecule has 0 spiro atoms. The van der Waals surface area contributed by atoms with E-state index in [9.17, 15) is 19.2 Å². The van der Waals surface area contributed by atoms with Gasteiger partial charge >= 0.3 is 23.7 Å². The first-order valence-electron chi connectivity index (χ1n) is 17.1. The number of esters is 2. The molecule has 0 radical (unpaired) electrons. The number of methoxy groups -OCH3 is 1. The number of cyclic esters (lactones) is 1. The monoisotopic (exact) mass is 734 g/mol. The molecule has 1 aliphatic rings. The van der Waals surface area contributed by atoms with Crippen molar-refractivity contribution < 1.29 is 42.5 Å². The molecule has 0 bridgehead atoms. The van der Waals surface area contributed by atoms with E-state index in [-0.39, 0.29) is 38.2 Å². The summed E-state index contributed by atoms with van der Waals surface area (Å²) in [6.07, 6.45) is 9.42. The number of fused-ring (bicyclic) bond motifs is 1. The zero-order valence-corrected chi connectivity index (χ0v) is 30.8. The van der Waals surface area contributed by atoms with Crippen molar-refractivity contribution in [2.24, 2.45) is 17.8 Å². The van der Waals surface area contributed by atoms with Crippen LogP contribution in [0.5, 0.6) is 5.75 Å². The predicted molar refractivity (Wildman–Crippen MR) is 186 cm³/mol. The van der Waals surface area contributed by atoms with Gasteiger partial charge in [-0.1, -0.05) is 79.2 Å². The Balaban J connectivity index is 1.67. The van der Waals surface area contributed by atoms with Crippen LogP contribution >= 0.6 is 15.9 Å². The van der Waals surface area contributed by atoms with Gasteiger partial charge in [-0.2, -0.15) is 0 Å². The molecule has 1 unspecified atom stereocenters. The molecular formula is C37H51BrO10. The van der Waals surface area contributed by atoms with Gasteiger partial charge in [0.05, 0.1) is 11.6 Å². The summed E-state index contributed by atoms with van der Waals surface area (Å²) < 4.78 is 33.4. The largest absolute Gasteiger partial charge is 0.508 e. The quantitative estimate of drug-likeness (QED) is 0.0454. The molecule has 11 heteroatoms. The number of ether oxygens (including phenoxy) is 5. The van der Waals surface area contributed by atoms with E-state index in [0.717, 1.165) is 19.3 Å². The molecule has 0 saturated carbocycles. The lowest BCUT2D eigenvalue weighted by Crippen LogP contribution is -2.41. The van der Waals surface area contributed by atoms with Gasteiger partial charge in [0.15, 0.2) is 5.60 Å². The van der Waals surface area contributed by atoms with E-state index < -0.39 is 29.3 Å². The summed E-state index contributed by atoms with van der Waals surface area (Å²) in [5.74, 6) is 0.766. The summed E-state index contributed by atoms with van der Waals surface area (Å²) in [6, 6.07) is 4.50. The topological polar surface area (TPSA) is 128 Å². The number of unbranched alkanes of at least 4 members (excludes halogenated alkanes) is 6. The van der Waals surface area contributed by atoms with E-state index in [1.165, 1.54) is 32.4 Å². The van der Waals surface area contributed by atoms with Gasteiger partial charge in [0, 0.05) is 41.5 Å². The molecular weight excluding hydrogens is 684 g/mol. The van der Waals surface area contributed by atoms with Crippen LogP contribution < -0.4 is 10.4 Å². The first-order valence-corrected chi connectivity index (χ1v) is 17.8. The van der Waals surface area contributed by atoms with E-state index in [0.29, 0.717) is 57.3 Å². The van der Waals surface area contributed by atoms with E-state index in [2.05, 4.69) is 50.5 Å². The van der Waals surface area contributed by atoms with Crippen LogP contribution in [0.25, 0.3) is 11.0 Å². The van der Waals surface area contributed by atoms with E-state index in [1.807, 2.05) is 6.08 Å². The van der Waals surface area contributed by atoms with Crippen LogP contribution in [0.1, 0.15) is 104 Å². The molecule has 2 aromatic rings. The third-order valence-electron chi connectivity index (χ3n) is 8.81. The van der Waals surface area contributed by atoms with Crippen LogP contribution in [0, 0.1) is 17.8 Å². The number of carbonyl (C=O) groups excluding carboxylic acids is 3. The number of halogens is 1. The zero-order chi connectivity index (χ0) is 35.3. The first-order chi connectivity index (χ1) is 22.9.